The number of fused-ring (bicyclic) bond motifs is 1. The lowest BCUT2D eigenvalue weighted by Gasteiger charge is -2.43. The van der Waals surface area contributed by atoms with Crippen LogP contribution >= 0.6 is 0 Å². The minimum atomic E-state index is -0.143. The highest BCUT2D eigenvalue weighted by atomic mass is 16.2. The van der Waals surface area contributed by atoms with Crippen molar-refractivity contribution in [2.45, 2.75) is 57.5 Å². The van der Waals surface area contributed by atoms with Gasteiger partial charge in [0, 0.05) is 25.0 Å². The fourth-order valence-corrected chi connectivity index (χ4v) is 3.64. The van der Waals surface area contributed by atoms with Gasteiger partial charge in [-0.15, -0.1) is 0 Å². The second-order valence-corrected chi connectivity index (χ2v) is 6.39. The van der Waals surface area contributed by atoms with Gasteiger partial charge in [-0.1, -0.05) is 12.8 Å². The summed E-state index contributed by atoms with van der Waals surface area (Å²) in [6, 6.07) is 0.286. The first-order valence-corrected chi connectivity index (χ1v) is 7.70. The molecule has 5 heteroatoms. The molecule has 0 aromatic carbocycles. The van der Waals surface area contributed by atoms with Crippen molar-refractivity contribution < 1.29 is 9.59 Å². The summed E-state index contributed by atoms with van der Waals surface area (Å²) in [4.78, 5) is 27.7. The predicted octanol–water partition coefficient (Wildman–Crippen LogP) is 0.988. The van der Waals surface area contributed by atoms with Gasteiger partial charge in [0.2, 0.25) is 11.8 Å². The predicted molar refractivity (Wildman–Crippen MR) is 78.3 cm³/mol. The van der Waals surface area contributed by atoms with Crippen LogP contribution in [0.25, 0.3) is 0 Å². The molecule has 20 heavy (non-hydrogen) atoms. The molecule has 2 atom stereocenters. The third-order valence-corrected chi connectivity index (χ3v) is 5.10. The number of carbonyl (C=O) groups excluding carboxylic acids is 2. The molecule has 0 aromatic rings. The van der Waals surface area contributed by atoms with E-state index in [4.69, 9.17) is 0 Å². The molecular formula is C15H27N3O2. The summed E-state index contributed by atoms with van der Waals surface area (Å²) in [5.41, 5.74) is 0.0896. The number of likely N-dealkylation sites (N-methyl/N-ethyl adjacent to an activating group) is 1. The van der Waals surface area contributed by atoms with Crippen LogP contribution in [0.5, 0.6) is 0 Å². The topological polar surface area (TPSA) is 52.7 Å². The van der Waals surface area contributed by atoms with Crippen LogP contribution in [0.2, 0.25) is 0 Å². The van der Waals surface area contributed by atoms with E-state index in [1.807, 2.05) is 4.90 Å². The van der Waals surface area contributed by atoms with E-state index in [9.17, 15) is 9.59 Å². The maximum absolute atomic E-state index is 12.3. The Bertz CT molecular complexity index is 385. The average molecular weight is 281 g/mol. The normalized spacial score (nSPS) is 31.4. The number of amides is 2. The van der Waals surface area contributed by atoms with Gasteiger partial charge in [-0.25, -0.2) is 0 Å². The molecule has 2 fully saturated rings. The molecule has 5 nitrogen and oxygen atoms in total. The maximum Gasteiger partial charge on any atom is 0.242 e. The molecule has 0 spiro atoms. The average Bonchev–Trinajstić information content (AvgIpc) is 2.72. The molecule has 0 saturated carbocycles. The van der Waals surface area contributed by atoms with Crippen molar-refractivity contribution in [1.29, 1.82) is 0 Å². The summed E-state index contributed by atoms with van der Waals surface area (Å²) in [5, 5.41) is 2.63. The quantitative estimate of drug-likeness (QED) is 0.821. The van der Waals surface area contributed by atoms with Crippen LogP contribution in [0.3, 0.4) is 0 Å². The number of hydrogen-bond acceptors (Lipinski definition) is 3. The Morgan fingerprint density at radius 2 is 2.00 bits per heavy atom. The van der Waals surface area contributed by atoms with E-state index >= 15 is 0 Å². The lowest BCUT2D eigenvalue weighted by atomic mass is 9.85. The number of hydrogen-bond donors (Lipinski definition) is 1. The molecule has 2 amide bonds. The Hall–Kier alpha value is -1.10. The fraction of sp³-hybridized carbons (Fsp3) is 0.867. The van der Waals surface area contributed by atoms with Crippen LogP contribution in [0.15, 0.2) is 0 Å². The zero-order valence-corrected chi connectivity index (χ0v) is 12.9. The van der Waals surface area contributed by atoms with E-state index < -0.39 is 0 Å². The van der Waals surface area contributed by atoms with Crippen molar-refractivity contribution in [3.8, 4) is 0 Å². The van der Waals surface area contributed by atoms with Crippen LogP contribution in [0.4, 0.5) is 0 Å². The van der Waals surface area contributed by atoms with Crippen molar-refractivity contribution in [3.05, 3.63) is 0 Å². The summed E-state index contributed by atoms with van der Waals surface area (Å²) in [6.07, 6.45) is 5.79. The highest BCUT2D eigenvalue weighted by molar-refractivity contribution is 5.84. The molecule has 2 heterocycles. The zero-order chi connectivity index (χ0) is 14.8. The van der Waals surface area contributed by atoms with Gasteiger partial charge in [0.25, 0.3) is 0 Å². The summed E-state index contributed by atoms with van der Waals surface area (Å²) in [6.45, 7) is 5.79. The third kappa shape index (κ3) is 2.97. The Labute approximate surface area is 121 Å². The molecule has 1 N–H and O–H groups in total. The van der Waals surface area contributed by atoms with E-state index in [1.54, 1.807) is 0 Å². The van der Waals surface area contributed by atoms with Crippen molar-refractivity contribution in [2.75, 3.05) is 26.7 Å². The Morgan fingerprint density at radius 1 is 1.25 bits per heavy atom. The Kier molecular flexibility index (Phi) is 4.68. The number of nitrogens with one attached hydrogen (secondary N) is 1. The second kappa shape index (κ2) is 6.12. The van der Waals surface area contributed by atoms with E-state index in [0.717, 1.165) is 25.9 Å². The Balaban J connectivity index is 2.08. The number of carbonyl (C=O) groups is 2. The molecule has 114 valence electrons. The van der Waals surface area contributed by atoms with Gasteiger partial charge in [0.05, 0.1) is 6.54 Å². The molecule has 0 bridgehead atoms. The van der Waals surface area contributed by atoms with Gasteiger partial charge in [-0.05, 0) is 39.8 Å². The van der Waals surface area contributed by atoms with Crippen molar-refractivity contribution in [2.24, 2.45) is 0 Å². The van der Waals surface area contributed by atoms with Gasteiger partial charge >= 0.3 is 0 Å². The standard InChI is InChI=1S/C15H27N3O2/c1-12(19)16-11-14(20)18-10-8-15(2)13(18)7-5-4-6-9-17(15)3/h13H,4-11H2,1-3H3,(H,16,19)/t13-,15-/m0/s1. The van der Waals surface area contributed by atoms with E-state index in [2.05, 4.69) is 24.2 Å². The van der Waals surface area contributed by atoms with Crippen LogP contribution in [0.1, 0.15) is 46.0 Å². The maximum atomic E-state index is 12.3. The largest absolute Gasteiger partial charge is 0.347 e. The van der Waals surface area contributed by atoms with E-state index in [-0.39, 0.29) is 29.9 Å². The van der Waals surface area contributed by atoms with Gasteiger partial charge in [-0.2, -0.15) is 0 Å². The minimum Gasteiger partial charge on any atom is -0.347 e. The smallest absolute Gasteiger partial charge is 0.242 e. The molecule has 2 aliphatic rings. The van der Waals surface area contributed by atoms with Gasteiger partial charge in [0.15, 0.2) is 0 Å². The summed E-state index contributed by atoms with van der Waals surface area (Å²) >= 11 is 0. The first kappa shape index (κ1) is 15.3. The van der Waals surface area contributed by atoms with Crippen LogP contribution in [0, 0.1) is 0 Å². The lowest BCUT2D eigenvalue weighted by Crippen LogP contribution is -2.56. The molecule has 2 saturated heterocycles. The molecule has 2 aliphatic heterocycles. The van der Waals surface area contributed by atoms with Crippen molar-refractivity contribution >= 4 is 11.8 Å². The van der Waals surface area contributed by atoms with Crippen molar-refractivity contribution in [1.82, 2.24) is 15.1 Å². The highest BCUT2D eigenvalue weighted by Gasteiger charge is 2.47. The van der Waals surface area contributed by atoms with Gasteiger partial charge < -0.3 is 10.2 Å². The molecule has 2 rings (SSSR count). The summed E-state index contributed by atoms with van der Waals surface area (Å²) in [7, 11) is 2.18. The molecule has 0 unspecified atom stereocenters. The first-order valence-electron chi connectivity index (χ1n) is 7.70. The third-order valence-electron chi connectivity index (χ3n) is 5.10. The summed E-state index contributed by atoms with van der Waals surface area (Å²) in [5.74, 6) is -0.0852. The highest BCUT2D eigenvalue weighted by Crippen LogP contribution is 2.37. The lowest BCUT2D eigenvalue weighted by molar-refractivity contribution is -0.134. The van der Waals surface area contributed by atoms with Gasteiger partial charge in [-0.3, -0.25) is 14.5 Å². The minimum absolute atomic E-state index is 0.0582. The monoisotopic (exact) mass is 281 g/mol. The van der Waals surface area contributed by atoms with Crippen molar-refractivity contribution in [3.63, 3.8) is 0 Å². The van der Waals surface area contributed by atoms with E-state index in [1.165, 1.54) is 26.2 Å². The summed E-state index contributed by atoms with van der Waals surface area (Å²) < 4.78 is 0. The van der Waals surface area contributed by atoms with Crippen LogP contribution < -0.4 is 5.32 Å². The number of likely N-dealkylation sites (tertiary alicyclic amines) is 2. The van der Waals surface area contributed by atoms with E-state index in [0.29, 0.717) is 0 Å². The number of rotatable bonds is 2. The number of nitrogens with zero attached hydrogens (tertiary/aromatic N) is 2. The van der Waals surface area contributed by atoms with Gasteiger partial charge in [0.1, 0.15) is 0 Å². The zero-order valence-electron chi connectivity index (χ0n) is 12.9. The molecule has 0 aliphatic carbocycles. The van der Waals surface area contributed by atoms with Crippen LogP contribution in [-0.2, 0) is 9.59 Å². The first-order chi connectivity index (χ1) is 9.45. The molecule has 0 radical (unpaired) electrons. The second-order valence-electron chi connectivity index (χ2n) is 6.39. The van der Waals surface area contributed by atoms with Crippen LogP contribution in [-0.4, -0.2) is 59.9 Å². The fourth-order valence-electron chi connectivity index (χ4n) is 3.64. The molecule has 0 aromatic heterocycles. The Morgan fingerprint density at radius 3 is 2.70 bits per heavy atom. The SMILES string of the molecule is CC(=O)NCC(=O)N1CC[C@@]2(C)[C@@H]1CCCCCN2C. The molecular weight excluding hydrogens is 254 g/mol.